The highest BCUT2D eigenvalue weighted by atomic mass is 19.1. The smallest absolute Gasteiger partial charge is 0.341 e. The average molecular weight is 472 g/mol. The summed E-state index contributed by atoms with van der Waals surface area (Å²) in [6, 6.07) is 2.23. The largest absolute Gasteiger partial charge is 0.420 e. The molecule has 0 aliphatic carbocycles. The Morgan fingerprint density at radius 2 is 1.79 bits per heavy atom. The molecular weight excluding hydrogens is 453 g/mol. The van der Waals surface area contributed by atoms with Gasteiger partial charge in [-0.1, -0.05) is 0 Å². The molecule has 0 radical (unpaired) electrons. The number of amides is 2. The fourth-order valence-corrected chi connectivity index (χ4v) is 3.94. The summed E-state index contributed by atoms with van der Waals surface area (Å²) in [7, 11) is 0. The molecule has 0 unspecified atom stereocenters. The highest BCUT2D eigenvalue weighted by Crippen LogP contribution is 2.30. The van der Waals surface area contributed by atoms with Crippen molar-refractivity contribution in [2.75, 3.05) is 31.1 Å². The van der Waals surface area contributed by atoms with Crippen LogP contribution in [-0.4, -0.2) is 68.5 Å². The molecule has 1 aromatic carbocycles. The molecule has 2 aliphatic heterocycles. The molecule has 4 heterocycles. The number of urea groups is 1. The summed E-state index contributed by atoms with van der Waals surface area (Å²) in [4.78, 5) is 24.8. The first-order valence-corrected chi connectivity index (χ1v) is 10.5. The number of benzene rings is 1. The number of carbonyl (C=O) groups is 1. The van der Waals surface area contributed by atoms with Crippen LogP contribution in [0.4, 0.5) is 23.9 Å². The van der Waals surface area contributed by atoms with E-state index < -0.39 is 23.5 Å². The van der Waals surface area contributed by atoms with Gasteiger partial charge >= 0.3 is 6.03 Å². The maximum Gasteiger partial charge on any atom is 0.341 e. The van der Waals surface area contributed by atoms with Gasteiger partial charge in [0, 0.05) is 51.8 Å². The summed E-state index contributed by atoms with van der Waals surface area (Å²) in [5.74, 6) is -1.60. The van der Waals surface area contributed by atoms with E-state index >= 15 is 0 Å². The van der Waals surface area contributed by atoms with Crippen LogP contribution in [0.2, 0.25) is 0 Å². The maximum absolute atomic E-state index is 14.2. The highest BCUT2D eigenvalue weighted by molar-refractivity contribution is 5.78. The molecule has 0 bridgehead atoms. The van der Waals surface area contributed by atoms with E-state index in [1.54, 1.807) is 18.0 Å². The summed E-state index contributed by atoms with van der Waals surface area (Å²) in [5, 5.41) is 12.9. The molecule has 34 heavy (non-hydrogen) atoms. The third-order valence-electron chi connectivity index (χ3n) is 5.59. The average Bonchev–Trinajstić information content (AvgIpc) is 3.48. The van der Waals surface area contributed by atoms with Crippen LogP contribution in [0, 0.1) is 24.4 Å². The molecule has 13 heteroatoms. The molecule has 0 N–H and O–H groups in total. The first-order chi connectivity index (χ1) is 16.4. The fourth-order valence-electron chi connectivity index (χ4n) is 3.94. The number of hydrogen-bond donors (Lipinski definition) is 0. The first kappa shape index (κ1) is 21.8. The van der Waals surface area contributed by atoms with Crippen molar-refractivity contribution in [3.63, 3.8) is 0 Å². The summed E-state index contributed by atoms with van der Waals surface area (Å²) < 4.78 is 46.8. The normalized spacial score (nSPS) is 18.1. The number of nitrogens with zero attached hydrogens (tertiary/aromatic N) is 8. The summed E-state index contributed by atoms with van der Waals surface area (Å²) in [5.41, 5.74) is 0.242. The maximum atomic E-state index is 14.2. The fraction of sp³-hybridized carbons (Fsp3) is 0.333. The predicted octanol–water partition coefficient (Wildman–Crippen LogP) is 2.93. The monoisotopic (exact) mass is 472 g/mol. The Hall–Kier alpha value is -4.03. The van der Waals surface area contributed by atoms with Crippen LogP contribution in [0.1, 0.15) is 23.9 Å². The van der Waals surface area contributed by atoms with E-state index in [1.165, 1.54) is 17.1 Å². The Bertz CT molecular complexity index is 1240. The van der Waals surface area contributed by atoms with Crippen LogP contribution in [0.3, 0.4) is 0 Å². The summed E-state index contributed by atoms with van der Waals surface area (Å²) >= 11 is 0. The van der Waals surface area contributed by atoms with Gasteiger partial charge in [-0.05, 0) is 17.7 Å². The second-order valence-corrected chi connectivity index (χ2v) is 7.85. The zero-order chi connectivity index (χ0) is 23.8. The Kier molecular flexibility index (Phi) is 5.59. The highest BCUT2D eigenvalue weighted by Gasteiger charge is 2.34. The van der Waals surface area contributed by atoms with Gasteiger partial charge in [-0.15, -0.1) is 10.2 Å². The van der Waals surface area contributed by atoms with Crippen LogP contribution in [0.15, 0.2) is 33.9 Å². The molecule has 3 aromatic rings. The number of anilines is 1. The van der Waals surface area contributed by atoms with Gasteiger partial charge in [0.2, 0.25) is 11.8 Å². The first-order valence-electron chi connectivity index (χ1n) is 10.5. The second kappa shape index (κ2) is 8.72. The third-order valence-corrected chi connectivity index (χ3v) is 5.59. The Balaban J connectivity index is 1.27. The van der Waals surface area contributed by atoms with E-state index in [1.807, 2.05) is 4.90 Å². The molecule has 10 nitrogen and oxygen atoms in total. The molecule has 5 rings (SSSR count). The van der Waals surface area contributed by atoms with Gasteiger partial charge < -0.3 is 14.2 Å². The lowest BCUT2D eigenvalue weighted by molar-refractivity contribution is 0.139. The molecule has 2 amide bonds. The van der Waals surface area contributed by atoms with Crippen LogP contribution < -0.4 is 4.90 Å². The molecule has 1 atom stereocenters. The van der Waals surface area contributed by atoms with Crippen molar-refractivity contribution < 1.29 is 22.4 Å². The summed E-state index contributed by atoms with van der Waals surface area (Å²) in [6.45, 7) is 3.01. The van der Waals surface area contributed by atoms with Crippen LogP contribution in [0.5, 0.6) is 0 Å². The number of hydrogen-bond acceptors (Lipinski definition) is 8. The van der Waals surface area contributed by atoms with Crippen molar-refractivity contribution in [3.05, 3.63) is 53.3 Å². The molecule has 1 saturated heterocycles. The van der Waals surface area contributed by atoms with Gasteiger partial charge in [0.05, 0.1) is 12.2 Å². The lowest BCUT2D eigenvalue weighted by atomic mass is 10.0. The van der Waals surface area contributed by atoms with Crippen molar-refractivity contribution in [2.24, 2.45) is 5.10 Å². The van der Waals surface area contributed by atoms with E-state index in [9.17, 15) is 18.0 Å². The zero-order valence-corrected chi connectivity index (χ0v) is 18.0. The number of carbonyl (C=O) groups excluding carboxylic acids is 1. The quantitative estimate of drug-likeness (QED) is 0.577. The van der Waals surface area contributed by atoms with E-state index in [-0.39, 0.29) is 29.5 Å². The number of aromatic nitrogens is 4. The summed E-state index contributed by atoms with van der Waals surface area (Å²) in [6.07, 6.45) is 2.95. The van der Waals surface area contributed by atoms with Crippen molar-refractivity contribution >= 4 is 18.2 Å². The molecule has 1 fully saturated rings. The SMILES string of the molecule is Cc1nnc(-c2nc(N3CCN(C(=O)N4N=CC[C@H]4c4cc(F)cc(F)c4)CC3)ncc2F)o1. The third kappa shape index (κ3) is 4.16. The van der Waals surface area contributed by atoms with E-state index in [0.29, 0.717) is 38.2 Å². The number of rotatable bonds is 3. The minimum Gasteiger partial charge on any atom is -0.420 e. The number of aryl methyl sites for hydroxylation is 1. The van der Waals surface area contributed by atoms with Crippen LogP contribution in [0.25, 0.3) is 11.6 Å². The van der Waals surface area contributed by atoms with Crippen molar-refractivity contribution in [3.8, 4) is 11.6 Å². The second-order valence-electron chi connectivity index (χ2n) is 7.85. The van der Waals surface area contributed by atoms with Gasteiger partial charge in [0.1, 0.15) is 11.6 Å². The Morgan fingerprint density at radius 3 is 2.47 bits per heavy atom. The van der Waals surface area contributed by atoms with Gasteiger partial charge in [-0.3, -0.25) is 0 Å². The van der Waals surface area contributed by atoms with E-state index in [4.69, 9.17) is 4.42 Å². The number of halogens is 3. The van der Waals surface area contributed by atoms with Crippen LogP contribution >= 0.6 is 0 Å². The van der Waals surface area contributed by atoms with Gasteiger partial charge in [-0.2, -0.15) is 5.10 Å². The molecular formula is C21H19F3N8O2. The number of hydrazone groups is 1. The molecule has 2 aromatic heterocycles. The Morgan fingerprint density at radius 1 is 1.06 bits per heavy atom. The van der Waals surface area contributed by atoms with Gasteiger partial charge in [-0.25, -0.2) is 32.9 Å². The topological polar surface area (TPSA) is 104 Å². The van der Waals surface area contributed by atoms with Crippen molar-refractivity contribution in [1.29, 1.82) is 0 Å². The standard InChI is InChI=1S/C21H19F3N8O2/c1-12-28-29-19(34-12)18-16(24)11-25-20(27-18)30-4-6-31(7-5-30)21(33)32-17(2-3-26-32)13-8-14(22)10-15(23)9-13/h3,8-11,17H,2,4-7H2,1H3/t17-/m0/s1. The van der Waals surface area contributed by atoms with E-state index in [2.05, 4.69) is 25.3 Å². The lowest BCUT2D eigenvalue weighted by Crippen LogP contribution is -2.52. The van der Waals surface area contributed by atoms with Crippen LogP contribution in [-0.2, 0) is 0 Å². The molecule has 2 aliphatic rings. The minimum absolute atomic E-state index is 0.0424. The van der Waals surface area contributed by atoms with Gasteiger partial charge in [0.15, 0.2) is 11.5 Å². The van der Waals surface area contributed by atoms with Gasteiger partial charge in [0.25, 0.3) is 5.89 Å². The lowest BCUT2D eigenvalue weighted by Gasteiger charge is -2.37. The Labute approximate surface area is 191 Å². The van der Waals surface area contributed by atoms with Crippen molar-refractivity contribution in [1.82, 2.24) is 30.1 Å². The number of piperazine rings is 1. The predicted molar refractivity (Wildman–Crippen MR) is 113 cm³/mol. The minimum atomic E-state index is -0.711. The molecule has 0 saturated carbocycles. The van der Waals surface area contributed by atoms with E-state index in [0.717, 1.165) is 12.3 Å². The van der Waals surface area contributed by atoms with Crippen molar-refractivity contribution in [2.45, 2.75) is 19.4 Å². The zero-order valence-electron chi connectivity index (χ0n) is 18.0. The molecule has 176 valence electrons. The molecule has 0 spiro atoms.